The normalized spacial score (nSPS) is 9.38. The molecule has 0 heterocycles. The van der Waals surface area contributed by atoms with Crippen LogP contribution >= 0.6 is 0 Å². The highest BCUT2D eigenvalue weighted by Gasteiger charge is 2.05. The number of rotatable bonds is 2. The van der Waals surface area contributed by atoms with Gasteiger partial charge in [0.1, 0.15) is 5.97 Å². The molecule has 0 saturated carbocycles. The van der Waals surface area contributed by atoms with Gasteiger partial charge in [0, 0.05) is 5.92 Å². The highest BCUT2D eigenvalue weighted by atomic mass is 16.4. The molecule has 8 heavy (non-hydrogen) atoms. The first-order valence-electron chi connectivity index (χ1n) is 2.31. The van der Waals surface area contributed by atoms with Gasteiger partial charge in [0.05, 0.1) is 0 Å². The van der Waals surface area contributed by atoms with Crippen LogP contribution in [-0.4, -0.2) is 11.8 Å². The average Bonchev–Trinajstić information content (AvgIpc) is 1.64. The van der Waals surface area contributed by atoms with Crippen LogP contribution in [0.5, 0.6) is 0 Å². The van der Waals surface area contributed by atoms with Crippen molar-refractivity contribution in [2.45, 2.75) is 13.8 Å². The fourth-order valence-corrected chi connectivity index (χ4v) is 0.236. The summed E-state index contributed by atoms with van der Waals surface area (Å²) in [5.74, 6) is -2.90. The molecule has 3 heteroatoms. The number of carbonyl (C=O) groups excluding carboxylic acids is 2. The van der Waals surface area contributed by atoms with E-state index >= 15 is 0 Å². The summed E-state index contributed by atoms with van der Waals surface area (Å²) in [7, 11) is 0. The Labute approximate surface area is 47.3 Å². The molecule has 0 radical (unpaired) electrons. The summed E-state index contributed by atoms with van der Waals surface area (Å²) in [5, 5.41) is 9.68. The van der Waals surface area contributed by atoms with Crippen molar-refractivity contribution in [2.24, 2.45) is 5.92 Å². The predicted molar refractivity (Wildman–Crippen MR) is 24.9 cm³/mol. The molecule has 0 aromatic heterocycles. The predicted octanol–water partition coefficient (Wildman–Crippen LogP) is -1.04. The van der Waals surface area contributed by atoms with Gasteiger partial charge in [-0.15, -0.1) is 0 Å². The smallest absolute Gasteiger partial charge is 0.180 e. The zero-order chi connectivity index (χ0) is 6.73. The molecule has 0 aromatic carbocycles. The van der Waals surface area contributed by atoms with Crippen molar-refractivity contribution in [2.75, 3.05) is 0 Å². The molecule has 0 aliphatic carbocycles. The van der Waals surface area contributed by atoms with Crippen molar-refractivity contribution in [1.82, 2.24) is 0 Å². The number of ketones is 1. The van der Waals surface area contributed by atoms with Gasteiger partial charge in [-0.1, -0.05) is 13.8 Å². The Kier molecular flexibility index (Phi) is 2.19. The van der Waals surface area contributed by atoms with Gasteiger partial charge in [-0.2, -0.15) is 0 Å². The van der Waals surface area contributed by atoms with Crippen LogP contribution in [0.3, 0.4) is 0 Å². The van der Waals surface area contributed by atoms with Gasteiger partial charge in [-0.05, 0) is 0 Å². The van der Waals surface area contributed by atoms with Crippen molar-refractivity contribution in [3.8, 4) is 0 Å². The Bertz CT molecular complexity index is 115. The lowest BCUT2D eigenvalue weighted by Gasteiger charge is -2.01. The second-order valence-electron chi connectivity index (χ2n) is 1.81. The number of hydrogen-bond acceptors (Lipinski definition) is 3. The number of carbonyl (C=O) groups is 2. The summed E-state index contributed by atoms with van der Waals surface area (Å²) in [5.41, 5.74) is 0. The summed E-state index contributed by atoms with van der Waals surface area (Å²) in [6.45, 7) is 3.02. The Morgan fingerprint density at radius 3 is 1.75 bits per heavy atom. The number of hydrogen-bond donors (Lipinski definition) is 0. The lowest BCUT2D eigenvalue weighted by molar-refractivity contribution is -0.300. The molecule has 46 valence electrons. The van der Waals surface area contributed by atoms with Crippen molar-refractivity contribution in [3.63, 3.8) is 0 Å². The Hall–Kier alpha value is -0.860. The van der Waals surface area contributed by atoms with Crippen LogP contribution in [-0.2, 0) is 9.59 Å². The van der Waals surface area contributed by atoms with E-state index < -0.39 is 17.7 Å². The maximum absolute atomic E-state index is 10.2. The minimum atomic E-state index is -1.60. The first-order chi connectivity index (χ1) is 3.55. The SMILES string of the molecule is CC(C)C(=O)C(=O)[O-]. The molecule has 0 unspecified atom stereocenters. The van der Waals surface area contributed by atoms with Crippen LogP contribution in [0.15, 0.2) is 0 Å². The van der Waals surface area contributed by atoms with Crippen molar-refractivity contribution < 1.29 is 14.7 Å². The van der Waals surface area contributed by atoms with Crippen LogP contribution in [0.2, 0.25) is 0 Å². The van der Waals surface area contributed by atoms with E-state index in [0.717, 1.165) is 0 Å². The van der Waals surface area contributed by atoms with Gasteiger partial charge in [-0.3, -0.25) is 4.79 Å². The standard InChI is InChI=1S/C5H8O3/c1-3(2)4(6)5(7)8/h3H,1-2H3,(H,7,8)/p-1. The summed E-state index contributed by atoms with van der Waals surface area (Å²) in [4.78, 5) is 19.9. The quantitative estimate of drug-likeness (QED) is 0.432. The fourth-order valence-electron chi connectivity index (χ4n) is 0.236. The molecule has 0 aliphatic heterocycles. The van der Waals surface area contributed by atoms with Gasteiger partial charge in [0.15, 0.2) is 5.78 Å². The van der Waals surface area contributed by atoms with Crippen LogP contribution in [0.4, 0.5) is 0 Å². The van der Waals surface area contributed by atoms with Gasteiger partial charge in [0.25, 0.3) is 0 Å². The molecule has 0 rings (SSSR count). The lowest BCUT2D eigenvalue weighted by atomic mass is 10.1. The number of carboxylic acid groups (broad SMARTS) is 1. The van der Waals surface area contributed by atoms with E-state index in [-0.39, 0.29) is 0 Å². The zero-order valence-electron chi connectivity index (χ0n) is 4.80. The third-order valence-electron chi connectivity index (χ3n) is 0.726. The molecule has 0 spiro atoms. The van der Waals surface area contributed by atoms with Crippen LogP contribution in [0.1, 0.15) is 13.8 Å². The summed E-state index contributed by atoms with van der Waals surface area (Å²) >= 11 is 0. The summed E-state index contributed by atoms with van der Waals surface area (Å²) < 4.78 is 0. The summed E-state index contributed by atoms with van der Waals surface area (Å²) in [6, 6.07) is 0. The van der Waals surface area contributed by atoms with Gasteiger partial charge in [0.2, 0.25) is 0 Å². The molecule has 0 amide bonds. The van der Waals surface area contributed by atoms with E-state index in [1.807, 2.05) is 0 Å². The fraction of sp³-hybridized carbons (Fsp3) is 0.600. The van der Waals surface area contributed by atoms with Crippen molar-refractivity contribution >= 4 is 11.8 Å². The molecular formula is C5H7O3-. The number of Topliss-reactive ketones (excluding diaryl/α,β-unsaturated/α-hetero) is 1. The molecule has 0 aliphatic rings. The van der Waals surface area contributed by atoms with Crippen LogP contribution in [0, 0.1) is 5.92 Å². The van der Waals surface area contributed by atoms with E-state index in [1.165, 1.54) is 13.8 Å². The Balaban J connectivity index is 3.84. The highest BCUT2D eigenvalue weighted by molar-refractivity contribution is 6.32. The maximum atomic E-state index is 10.2. The van der Waals surface area contributed by atoms with E-state index in [2.05, 4.69) is 0 Å². The third kappa shape index (κ3) is 1.73. The molecule has 0 fully saturated rings. The summed E-state index contributed by atoms with van der Waals surface area (Å²) in [6.07, 6.45) is 0. The van der Waals surface area contributed by atoms with E-state index in [1.54, 1.807) is 0 Å². The van der Waals surface area contributed by atoms with Gasteiger partial charge < -0.3 is 9.90 Å². The third-order valence-corrected chi connectivity index (χ3v) is 0.726. The second-order valence-corrected chi connectivity index (χ2v) is 1.81. The molecule has 0 saturated heterocycles. The molecule has 0 bridgehead atoms. The zero-order valence-corrected chi connectivity index (χ0v) is 4.80. The van der Waals surface area contributed by atoms with Crippen molar-refractivity contribution in [3.05, 3.63) is 0 Å². The van der Waals surface area contributed by atoms with Gasteiger partial charge in [-0.25, -0.2) is 0 Å². The molecule has 3 nitrogen and oxygen atoms in total. The van der Waals surface area contributed by atoms with Crippen LogP contribution < -0.4 is 5.11 Å². The Morgan fingerprint density at radius 1 is 1.38 bits per heavy atom. The van der Waals surface area contributed by atoms with Crippen molar-refractivity contribution in [1.29, 1.82) is 0 Å². The number of carboxylic acids is 1. The average molecular weight is 115 g/mol. The first kappa shape index (κ1) is 7.14. The van der Waals surface area contributed by atoms with E-state index in [0.29, 0.717) is 0 Å². The largest absolute Gasteiger partial charge is 0.542 e. The molecule has 0 atom stereocenters. The Morgan fingerprint density at radius 2 is 1.75 bits per heavy atom. The molecular weight excluding hydrogens is 108 g/mol. The van der Waals surface area contributed by atoms with E-state index in [4.69, 9.17) is 0 Å². The molecule has 0 N–H and O–H groups in total. The monoisotopic (exact) mass is 115 g/mol. The molecule has 0 aromatic rings. The minimum absolute atomic E-state index is 0.458. The lowest BCUT2D eigenvalue weighted by Crippen LogP contribution is -2.34. The number of aliphatic carboxylic acids is 1. The second kappa shape index (κ2) is 2.45. The maximum Gasteiger partial charge on any atom is 0.180 e. The van der Waals surface area contributed by atoms with Crippen LogP contribution in [0.25, 0.3) is 0 Å². The topological polar surface area (TPSA) is 57.2 Å². The highest BCUT2D eigenvalue weighted by Crippen LogP contribution is 1.90. The minimum Gasteiger partial charge on any atom is -0.542 e. The first-order valence-corrected chi connectivity index (χ1v) is 2.31. The van der Waals surface area contributed by atoms with E-state index in [9.17, 15) is 14.7 Å². The van der Waals surface area contributed by atoms with Gasteiger partial charge >= 0.3 is 0 Å².